The van der Waals surface area contributed by atoms with Crippen molar-refractivity contribution in [1.29, 1.82) is 0 Å². The van der Waals surface area contributed by atoms with Crippen molar-refractivity contribution in [3.05, 3.63) is 29.6 Å². The van der Waals surface area contributed by atoms with Crippen LogP contribution < -0.4 is 10.1 Å². The lowest BCUT2D eigenvalue weighted by atomic mass is 10.2. The molecule has 0 radical (unpaired) electrons. The quantitative estimate of drug-likeness (QED) is 0.859. The molecule has 0 aromatic heterocycles. The molecule has 4 heteroatoms. The monoisotopic (exact) mass is 267 g/mol. The Morgan fingerprint density at radius 1 is 1.37 bits per heavy atom. The van der Waals surface area contributed by atoms with E-state index in [1.165, 1.54) is 12.1 Å². The number of hydrogen-bond acceptors (Lipinski definition) is 3. The van der Waals surface area contributed by atoms with Gasteiger partial charge < -0.3 is 14.8 Å². The molecule has 2 rings (SSSR count). The van der Waals surface area contributed by atoms with Crippen molar-refractivity contribution in [2.24, 2.45) is 0 Å². The van der Waals surface area contributed by atoms with E-state index in [-0.39, 0.29) is 11.9 Å². The molecule has 1 aliphatic heterocycles. The zero-order chi connectivity index (χ0) is 13.7. The van der Waals surface area contributed by atoms with Gasteiger partial charge in [0.25, 0.3) is 0 Å². The Morgan fingerprint density at radius 2 is 2.21 bits per heavy atom. The van der Waals surface area contributed by atoms with Gasteiger partial charge in [-0.3, -0.25) is 0 Å². The van der Waals surface area contributed by atoms with E-state index in [2.05, 4.69) is 12.2 Å². The first-order valence-corrected chi connectivity index (χ1v) is 6.96. The Balaban J connectivity index is 1.90. The summed E-state index contributed by atoms with van der Waals surface area (Å²) in [5.41, 5.74) is 0.901. The van der Waals surface area contributed by atoms with E-state index in [0.29, 0.717) is 25.0 Å². The molecule has 1 heterocycles. The highest BCUT2D eigenvalue weighted by Crippen LogP contribution is 2.21. The molecule has 0 bridgehead atoms. The molecule has 1 N–H and O–H groups in total. The summed E-state index contributed by atoms with van der Waals surface area (Å²) in [6.45, 7) is 6.10. The molecule has 3 nitrogen and oxygen atoms in total. The molecule has 106 valence electrons. The molecule has 1 aromatic rings. The number of nitrogens with one attached hydrogen (secondary N) is 1. The first kappa shape index (κ1) is 14.3. The van der Waals surface area contributed by atoms with Crippen LogP contribution in [-0.4, -0.2) is 25.4 Å². The van der Waals surface area contributed by atoms with Gasteiger partial charge in [-0.2, -0.15) is 0 Å². The lowest BCUT2D eigenvalue weighted by molar-refractivity contribution is 0.0264. The van der Waals surface area contributed by atoms with Gasteiger partial charge in [0.2, 0.25) is 0 Å². The van der Waals surface area contributed by atoms with Crippen LogP contribution in [0.5, 0.6) is 5.75 Å². The van der Waals surface area contributed by atoms with Gasteiger partial charge in [0.05, 0.1) is 12.2 Å². The van der Waals surface area contributed by atoms with Crippen LogP contribution in [0.2, 0.25) is 0 Å². The summed E-state index contributed by atoms with van der Waals surface area (Å²) in [5, 5.41) is 3.18. The summed E-state index contributed by atoms with van der Waals surface area (Å²) in [4.78, 5) is 0. The third kappa shape index (κ3) is 4.48. The third-order valence-electron chi connectivity index (χ3n) is 3.27. The van der Waals surface area contributed by atoms with Crippen LogP contribution in [0.1, 0.15) is 32.3 Å². The van der Waals surface area contributed by atoms with Crippen molar-refractivity contribution in [1.82, 2.24) is 5.32 Å². The Hall–Kier alpha value is -1.13. The normalized spacial score (nSPS) is 22.7. The molecule has 0 amide bonds. The van der Waals surface area contributed by atoms with Crippen molar-refractivity contribution in [2.75, 3.05) is 13.2 Å². The Bertz CT molecular complexity index is 411. The molecule has 1 aliphatic rings. The van der Waals surface area contributed by atoms with Gasteiger partial charge in [-0.25, -0.2) is 4.39 Å². The maximum absolute atomic E-state index is 13.5. The van der Waals surface area contributed by atoms with Crippen molar-refractivity contribution in [3.63, 3.8) is 0 Å². The lowest BCUT2D eigenvalue weighted by Crippen LogP contribution is -2.18. The molecular weight excluding hydrogens is 245 g/mol. The first-order chi connectivity index (χ1) is 9.17. The van der Waals surface area contributed by atoms with Crippen LogP contribution in [0.25, 0.3) is 0 Å². The average molecular weight is 267 g/mol. The van der Waals surface area contributed by atoms with Crippen molar-refractivity contribution >= 4 is 0 Å². The van der Waals surface area contributed by atoms with Crippen LogP contribution in [0.15, 0.2) is 18.2 Å². The van der Waals surface area contributed by atoms with Gasteiger partial charge >= 0.3 is 0 Å². The predicted octanol–water partition coefficient (Wildman–Crippen LogP) is 2.88. The highest BCUT2D eigenvalue weighted by molar-refractivity contribution is 5.29. The molecule has 0 spiro atoms. The largest absolute Gasteiger partial charge is 0.491 e. The summed E-state index contributed by atoms with van der Waals surface area (Å²) >= 11 is 0. The topological polar surface area (TPSA) is 30.5 Å². The van der Waals surface area contributed by atoms with Crippen LogP contribution in [-0.2, 0) is 11.3 Å². The minimum absolute atomic E-state index is 0.135. The van der Waals surface area contributed by atoms with E-state index in [1.54, 1.807) is 0 Å². The van der Waals surface area contributed by atoms with E-state index >= 15 is 0 Å². The maximum atomic E-state index is 13.5. The zero-order valence-corrected chi connectivity index (χ0v) is 11.6. The number of halogens is 1. The van der Waals surface area contributed by atoms with E-state index in [4.69, 9.17) is 9.47 Å². The van der Waals surface area contributed by atoms with E-state index in [9.17, 15) is 4.39 Å². The Labute approximate surface area is 114 Å². The molecule has 0 aliphatic carbocycles. The molecule has 1 fully saturated rings. The van der Waals surface area contributed by atoms with Crippen LogP contribution >= 0.6 is 0 Å². The third-order valence-corrected chi connectivity index (χ3v) is 3.27. The molecule has 1 saturated heterocycles. The van der Waals surface area contributed by atoms with Gasteiger partial charge in [-0.05, 0) is 44.0 Å². The second-order valence-corrected chi connectivity index (χ2v) is 5.03. The standard InChI is InChI=1S/C15H22FNO2/c1-3-17-9-12-6-13(16)8-15(7-12)18-10-14-5-4-11(2)19-14/h6-8,11,14,17H,3-5,9-10H2,1-2H3. The molecule has 1 aromatic carbocycles. The first-order valence-electron chi connectivity index (χ1n) is 6.96. The van der Waals surface area contributed by atoms with Gasteiger partial charge in [0, 0.05) is 12.6 Å². The smallest absolute Gasteiger partial charge is 0.127 e. The number of ether oxygens (including phenoxy) is 2. The van der Waals surface area contributed by atoms with Gasteiger partial charge in [0.15, 0.2) is 0 Å². The van der Waals surface area contributed by atoms with Crippen molar-refractivity contribution in [2.45, 2.75) is 45.4 Å². The maximum Gasteiger partial charge on any atom is 0.127 e. The zero-order valence-electron chi connectivity index (χ0n) is 11.6. The summed E-state index contributed by atoms with van der Waals surface area (Å²) in [7, 11) is 0. The van der Waals surface area contributed by atoms with Gasteiger partial charge in [-0.15, -0.1) is 0 Å². The highest BCUT2D eigenvalue weighted by atomic mass is 19.1. The SMILES string of the molecule is CCNCc1cc(F)cc(OCC2CCC(C)O2)c1. The van der Waals surface area contributed by atoms with Crippen LogP contribution in [0, 0.1) is 5.82 Å². The average Bonchev–Trinajstić information content (AvgIpc) is 2.79. The highest BCUT2D eigenvalue weighted by Gasteiger charge is 2.22. The minimum Gasteiger partial charge on any atom is -0.491 e. The van der Waals surface area contributed by atoms with E-state index < -0.39 is 0 Å². The van der Waals surface area contributed by atoms with Crippen molar-refractivity contribution < 1.29 is 13.9 Å². The fourth-order valence-corrected chi connectivity index (χ4v) is 2.27. The molecule has 0 saturated carbocycles. The fourth-order valence-electron chi connectivity index (χ4n) is 2.27. The molecule has 2 unspecified atom stereocenters. The van der Waals surface area contributed by atoms with E-state index in [1.807, 2.05) is 13.0 Å². The minimum atomic E-state index is -0.258. The second kappa shape index (κ2) is 6.87. The second-order valence-electron chi connectivity index (χ2n) is 5.03. The number of benzene rings is 1. The lowest BCUT2D eigenvalue weighted by Gasteiger charge is -2.13. The summed E-state index contributed by atoms with van der Waals surface area (Å²) in [6, 6.07) is 4.83. The van der Waals surface area contributed by atoms with Crippen LogP contribution in [0.4, 0.5) is 4.39 Å². The summed E-state index contributed by atoms with van der Waals surface area (Å²) in [5.74, 6) is 0.321. The molecular formula is C15H22FNO2. The molecule has 2 atom stereocenters. The summed E-state index contributed by atoms with van der Waals surface area (Å²) < 4.78 is 24.8. The summed E-state index contributed by atoms with van der Waals surface area (Å²) in [6.07, 6.45) is 2.53. The van der Waals surface area contributed by atoms with Gasteiger partial charge in [-0.1, -0.05) is 6.92 Å². The Morgan fingerprint density at radius 3 is 2.89 bits per heavy atom. The van der Waals surface area contributed by atoms with Crippen molar-refractivity contribution in [3.8, 4) is 5.75 Å². The molecule has 19 heavy (non-hydrogen) atoms. The number of hydrogen-bond donors (Lipinski definition) is 1. The van der Waals surface area contributed by atoms with E-state index in [0.717, 1.165) is 24.9 Å². The predicted molar refractivity (Wildman–Crippen MR) is 72.8 cm³/mol. The van der Waals surface area contributed by atoms with Crippen LogP contribution in [0.3, 0.4) is 0 Å². The van der Waals surface area contributed by atoms with Gasteiger partial charge in [0.1, 0.15) is 18.2 Å². The fraction of sp³-hybridized carbons (Fsp3) is 0.600. The number of rotatable bonds is 6. The Kier molecular flexibility index (Phi) is 5.16.